The van der Waals surface area contributed by atoms with Gasteiger partial charge in [0.25, 0.3) is 0 Å². The number of hydrogen-bond donors (Lipinski definition) is 1. The zero-order chi connectivity index (χ0) is 10.6. The number of carbonyl (C=O) groups excluding carboxylic acids is 1. The summed E-state index contributed by atoms with van der Waals surface area (Å²) in [5.41, 5.74) is 6.17. The number of nitrogens with zero attached hydrogens (tertiary/aromatic N) is 1. The molecule has 5 heteroatoms. The van der Waals surface area contributed by atoms with Crippen LogP contribution in [0.2, 0.25) is 5.02 Å². The highest BCUT2D eigenvalue weighted by molar-refractivity contribution is 6.31. The monoisotopic (exact) mass is 214 g/mol. The normalized spacial score (nSPS) is 12.2. The Morgan fingerprint density at radius 3 is 3.07 bits per heavy atom. The molecular formula is C9H11ClN2O2. The predicted octanol–water partition coefficient (Wildman–Crippen LogP) is 1.30. The highest BCUT2D eigenvalue weighted by Gasteiger charge is 2.19. The Balaban J connectivity index is 2.84. The van der Waals surface area contributed by atoms with Crippen molar-refractivity contribution in [3.63, 3.8) is 0 Å². The van der Waals surface area contributed by atoms with Crippen molar-refractivity contribution in [2.24, 2.45) is 5.73 Å². The number of hydrogen-bond acceptors (Lipinski definition) is 4. The first-order chi connectivity index (χ1) is 6.66. The second-order valence-corrected chi connectivity index (χ2v) is 3.03. The molecule has 0 fully saturated rings. The number of esters is 1. The van der Waals surface area contributed by atoms with Crippen LogP contribution >= 0.6 is 11.6 Å². The number of carbonyl (C=O) groups is 1. The topological polar surface area (TPSA) is 65.2 Å². The van der Waals surface area contributed by atoms with E-state index in [4.69, 9.17) is 22.1 Å². The first-order valence-electron chi connectivity index (χ1n) is 4.18. The van der Waals surface area contributed by atoms with Gasteiger partial charge in [-0.3, -0.25) is 4.98 Å². The molecule has 4 nitrogen and oxygen atoms in total. The second kappa shape index (κ2) is 4.93. The smallest absolute Gasteiger partial charge is 0.327 e. The highest BCUT2D eigenvalue weighted by atomic mass is 35.5. The van der Waals surface area contributed by atoms with E-state index >= 15 is 0 Å². The maximum Gasteiger partial charge on any atom is 0.327 e. The predicted molar refractivity (Wildman–Crippen MR) is 52.8 cm³/mol. The van der Waals surface area contributed by atoms with E-state index in [1.54, 1.807) is 13.0 Å². The van der Waals surface area contributed by atoms with Crippen LogP contribution in [0.3, 0.4) is 0 Å². The molecule has 1 atom stereocenters. The second-order valence-electron chi connectivity index (χ2n) is 2.63. The molecule has 1 aromatic heterocycles. The van der Waals surface area contributed by atoms with E-state index in [9.17, 15) is 4.79 Å². The molecule has 1 rings (SSSR count). The van der Waals surface area contributed by atoms with Gasteiger partial charge in [0.15, 0.2) is 0 Å². The van der Waals surface area contributed by atoms with Crippen LogP contribution in [0, 0.1) is 0 Å². The summed E-state index contributed by atoms with van der Waals surface area (Å²) < 4.78 is 4.77. The Labute approximate surface area is 87.0 Å². The minimum atomic E-state index is -0.842. The first kappa shape index (κ1) is 10.9. The van der Waals surface area contributed by atoms with Crippen LogP contribution in [0.25, 0.3) is 0 Å². The third-order valence-electron chi connectivity index (χ3n) is 1.68. The van der Waals surface area contributed by atoms with Crippen molar-refractivity contribution in [1.82, 2.24) is 4.98 Å². The lowest BCUT2D eigenvalue weighted by Gasteiger charge is -2.11. The van der Waals surface area contributed by atoms with Gasteiger partial charge in [-0.1, -0.05) is 11.6 Å². The van der Waals surface area contributed by atoms with Crippen molar-refractivity contribution in [2.75, 3.05) is 6.61 Å². The van der Waals surface area contributed by atoms with Crippen LogP contribution < -0.4 is 5.73 Å². The van der Waals surface area contributed by atoms with Crippen LogP contribution in [-0.2, 0) is 9.53 Å². The zero-order valence-corrected chi connectivity index (χ0v) is 8.49. The van der Waals surface area contributed by atoms with Gasteiger partial charge in [0.1, 0.15) is 6.04 Å². The zero-order valence-electron chi connectivity index (χ0n) is 7.74. The van der Waals surface area contributed by atoms with E-state index in [1.165, 1.54) is 12.4 Å². The Hall–Kier alpha value is -1.13. The molecule has 2 N–H and O–H groups in total. The maximum atomic E-state index is 11.3. The fourth-order valence-corrected chi connectivity index (χ4v) is 1.23. The van der Waals surface area contributed by atoms with Crippen LogP contribution in [0.4, 0.5) is 0 Å². The number of aromatic nitrogens is 1. The standard InChI is InChI=1S/C9H11ClN2O2/c1-2-14-9(13)8(11)6-3-4-12-5-7(6)10/h3-5,8H,2,11H2,1H3/t8-/m0/s1. The molecule has 0 aliphatic carbocycles. The van der Waals surface area contributed by atoms with Crippen molar-refractivity contribution in [3.05, 3.63) is 29.0 Å². The highest BCUT2D eigenvalue weighted by Crippen LogP contribution is 2.20. The van der Waals surface area contributed by atoms with Crippen molar-refractivity contribution >= 4 is 17.6 Å². The minimum Gasteiger partial charge on any atom is -0.465 e. The number of ether oxygens (including phenoxy) is 1. The summed E-state index contributed by atoms with van der Waals surface area (Å²) in [6, 6.07) is 0.759. The van der Waals surface area contributed by atoms with E-state index < -0.39 is 12.0 Å². The average molecular weight is 215 g/mol. The van der Waals surface area contributed by atoms with Crippen molar-refractivity contribution in [2.45, 2.75) is 13.0 Å². The summed E-state index contributed by atoms with van der Waals surface area (Å²) in [7, 11) is 0. The largest absolute Gasteiger partial charge is 0.465 e. The van der Waals surface area contributed by atoms with E-state index in [-0.39, 0.29) is 0 Å². The molecule has 76 valence electrons. The molecule has 0 bridgehead atoms. The molecule has 0 saturated carbocycles. The Morgan fingerprint density at radius 1 is 1.79 bits per heavy atom. The molecule has 0 aliphatic heterocycles. The molecule has 0 spiro atoms. The van der Waals surface area contributed by atoms with Crippen molar-refractivity contribution in [3.8, 4) is 0 Å². The van der Waals surface area contributed by atoms with Gasteiger partial charge in [0.2, 0.25) is 0 Å². The van der Waals surface area contributed by atoms with Crippen LogP contribution in [-0.4, -0.2) is 17.6 Å². The molecule has 0 unspecified atom stereocenters. The molecule has 0 amide bonds. The Kier molecular flexibility index (Phi) is 3.85. The van der Waals surface area contributed by atoms with Crippen LogP contribution in [0.1, 0.15) is 18.5 Å². The molecule has 14 heavy (non-hydrogen) atoms. The van der Waals surface area contributed by atoms with Crippen molar-refractivity contribution in [1.29, 1.82) is 0 Å². The Morgan fingerprint density at radius 2 is 2.50 bits per heavy atom. The SMILES string of the molecule is CCOC(=O)[C@@H](N)c1ccncc1Cl. The molecule has 0 radical (unpaired) electrons. The van der Waals surface area contributed by atoms with Gasteiger partial charge in [0, 0.05) is 18.0 Å². The van der Waals surface area contributed by atoms with Gasteiger partial charge >= 0.3 is 5.97 Å². The van der Waals surface area contributed by atoms with Gasteiger partial charge < -0.3 is 10.5 Å². The lowest BCUT2D eigenvalue weighted by atomic mass is 10.1. The van der Waals surface area contributed by atoms with Gasteiger partial charge in [-0.05, 0) is 13.0 Å². The fraction of sp³-hybridized carbons (Fsp3) is 0.333. The third-order valence-corrected chi connectivity index (χ3v) is 2.00. The van der Waals surface area contributed by atoms with Crippen LogP contribution in [0.5, 0.6) is 0 Å². The quantitative estimate of drug-likeness (QED) is 0.771. The van der Waals surface area contributed by atoms with Gasteiger partial charge in [0.05, 0.1) is 11.6 Å². The first-order valence-corrected chi connectivity index (χ1v) is 4.56. The van der Waals surface area contributed by atoms with Gasteiger partial charge in [-0.15, -0.1) is 0 Å². The number of rotatable bonds is 3. The van der Waals surface area contributed by atoms with Crippen LogP contribution in [0.15, 0.2) is 18.5 Å². The summed E-state index contributed by atoms with van der Waals surface area (Å²) in [6.07, 6.45) is 2.97. The summed E-state index contributed by atoms with van der Waals surface area (Å²) >= 11 is 5.81. The molecule has 0 saturated heterocycles. The minimum absolute atomic E-state index is 0.301. The van der Waals surface area contributed by atoms with Gasteiger partial charge in [-0.2, -0.15) is 0 Å². The lowest BCUT2D eigenvalue weighted by Crippen LogP contribution is -2.24. The van der Waals surface area contributed by atoms with E-state index in [2.05, 4.69) is 4.98 Å². The summed E-state index contributed by atoms with van der Waals surface area (Å²) in [5, 5.41) is 0.369. The molecule has 1 heterocycles. The van der Waals surface area contributed by atoms with Crippen molar-refractivity contribution < 1.29 is 9.53 Å². The average Bonchev–Trinajstić information content (AvgIpc) is 2.18. The number of nitrogens with two attached hydrogens (primary N) is 1. The van der Waals surface area contributed by atoms with E-state index in [0.717, 1.165) is 0 Å². The molecule has 0 aromatic carbocycles. The molecule has 0 aliphatic rings. The lowest BCUT2D eigenvalue weighted by molar-refractivity contribution is -0.144. The molecule has 1 aromatic rings. The fourth-order valence-electron chi connectivity index (χ4n) is 0.997. The van der Waals surface area contributed by atoms with Gasteiger partial charge in [-0.25, -0.2) is 4.79 Å². The third kappa shape index (κ3) is 2.43. The maximum absolute atomic E-state index is 11.3. The van der Waals surface area contributed by atoms with E-state index in [0.29, 0.717) is 17.2 Å². The van der Waals surface area contributed by atoms with E-state index in [1.807, 2.05) is 0 Å². The molecular weight excluding hydrogens is 204 g/mol. The summed E-state index contributed by atoms with van der Waals surface area (Å²) in [4.78, 5) is 15.1. The Bertz CT molecular complexity index is 330. The summed E-state index contributed by atoms with van der Waals surface area (Å²) in [5.74, 6) is -0.486. The number of halogens is 1. The summed E-state index contributed by atoms with van der Waals surface area (Å²) in [6.45, 7) is 2.02. The number of pyridine rings is 1.